The van der Waals surface area contributed by atoms with Crippen LogP contribution >= 0.6 is 0 Å². The van der Waals surface area contributed by atoms with Gasteiger partial charge < -0.3 is 15.6 Å². The van der Waals surface area contributed by atoms with Gasteiger partial charge in [0.05, 0.1) is 0 Å². The molecule has 0 aliphatic rings. The summed E-state index contributed by atoms with van der Waals surface area (Å²) < 4.78 is 0. The van der Waals surface area contributed by atoms with Crippen molar-refractivity contribution in [3.8, 4) is 0 Å². The zero-order valence-corrected chi connectivity index (χ0v) is 14.0. The molecule has 0 radical (unpaired) electrons. The van der Waals surface area contributed by atoms with Crippen LogP contribution in [0.2, 0.25) is 0 Å². The van der Waals surface area contributed by atoms with Gasteiger partial charge in [-0.3, -0.25) is 14.4 Å². The zero-order valence-electron chi connectivity index (χ0n) is 14.0. The van der Waals surface area contributed by atoms with Crippen LogP contribution in [0.15, 0.2) is 41.2 Å². The third-order valence-electron chi connectivity index (χ3n) is 3.32. The van der Waals surface area contributed by atoms with Crippen molar-refractivity contribution in [2.24, 2.45) is 5.92 Å². The van der Waals surface area contributed by atoms with Crippen molar-refractivity contribution in [3.63, 3.8) is 0 Å². The van der Waals surface area contributed by atoms with Crippen molar-refractivity contribution in [1.29, 1.82) is 0 Å². The number of amides is 2. The van der Waals surface area contributed by atoms with Gasteiger partial charge in [0, 0.05) is 23.5 Å². The van der Waals surface area contributed by atoms with Crippen LogP contribution in [-0.2, 0) is 4.79 Å². The van der Waals surface area contributed by atoms with E-state index < -0.39 is 11.5 Å². The van der Waals surface area contributed by atoms with E-state index in [1.165, 1.54) is 6.07 Å². The number of hydrogen-bond donors (Lipinski definition) is 3. The molecule has 6 heteroatoms. The number of aromatic amines is 1. The van der Waals surface area contributed by atoms with E-state index in [1.807, 2.05) is 13.8 Å². The zero-order chi connectivity index (χ0) is 17.7. The highest BCUT2D eigenvalue weighted by atomic mass is 16.2. The SMILES string of the molecule is Cc1ccc(C(=O)Nc2ccc(NC(=O)CC(C)C)cc2)c(=O)[nH]1. The minimum Gasteiger partial charge on any atom is -0.326 e. The first-order chi connectivity index (χ1) is 11.3. The molecule has 1 aromatic carbocycles. The number of rotatable bonds is 5. The number of carbonyl (C=O) groups is 2. The second-order valence-corrected chi connectivity index (χ2v) is 6.06. The predicted octanol–water partition coefficient (Wildman–Crippen LogP) is 2.92. The summed E-state index contributed by atoms with van der Waals surface area (Å²) in [7, 11) is 0. The highest BCUT2D eigenvalue weighted by Crippen LogP contribution is 2.15. The third-order valence-corrected chi connectivity index (χ3v) is 3.32. The number of carbonyl (C=O) groups excluding carboxylic acids is 2. The first kappa shape index (κ1) is 17.5. The first-order valence-electron chi connectivity index (χ1n) is 7.76. The van der Waals surface area contributed by atoms with Crippen LogP contribution < -0.4 is 16.2 Å². The molecule has 24 heavy (non-hydrogen) atoms. The largest absolute Gasteiger partial charge is 0.326 e. The molecular weight excluding hydrogens is 306 g/mol. The lowest BCUT2D eigenvalue weighted by molar-refractivity contribution is -0.116. The molecule has 1 aromatic heterocycles. The lowest BCUT2D eigenvalue weighted by Crippen LogP contribution is -2.23. The van der Waals surface area contributed by atoms with Gasteiger partial charge in [0.25, 0.3) is 11.5 Å². The third kappa shape index (κ3) is 4.81. The van der Waals surface area contributed by atoms with E-state index in [4.69, 9.17) is 0 Å². The summed E-state index contributed by atoms with van der Waals surface area (Å²) in [5.41, 5.74) is 1.52. The van der Waals surface area contributed by atoms with Crippen molar-refractivity contribution in [3.05, 3.63) is 58.0 Å². The Balaban J connectivity index is 2.02. The van der Waals surface area contributed by atoms with Crippen LogP contribution in [0, 0.1) is 12.8 Å². The average Bonchev–Trinajstić information content (AvgIpc) is 2.48. The van der Waals surface area contributed by atoms with Crippen molar-refractivity contribution in [2.45, 2.75) is 27.2 Å². The van der Waals surface area contributed by atoms with E-state index in [0.717, 1.165) is 0 Å². The Hall–Kier alpha value is -2.89. The van der Waals surface area contributed by atoms with E-state index in [0.29, 0.717) is 23.5 Å². The summed E-state index contributed by atoms with van der Waals surface area (Å²) in [5.74, 6) is -0.239. The maximum absolute atomic E-state index is 12.1. The number of aryl methyl sites for hydroxylation is 1. The van der Waals surface area contributed by atoms with Gasteiger partial charge >= 0.3 is 0 Å². The Morgan fingerprint density at radius 2 is 1.58 bits per heavy atom. The van der Waals surface area contributed by atoms with Crippen molar-refractivity contribution < 1.29 is 9.59 Å². The van der Waals surface area contributed by atoms with Crippen LogP contribution in [0.1, 0.15) is 36.3 Å². The molecule has 0 atom stereocenters. The Morgan fingerprint density at radius 1 is 1.00 bits per heavy atom. The summed E-state index contributed by atoms with van der Waals surface area (Å²) in [6.07, 6.45) is 0.453. The summed E-state index contributed by atoms with van der Waals surface area (Å²) in [6, 6.07) is 9.91. The fourth-order valence-electron chi connectivity index (χ4n) is 2.17. The molecule has 2 aromatic rings. The molecule has 6 nitrogen and oxygen atoms in total. The van der Waals surface area contributed by atoms with Gasteiger partial charge in [0.15, 0.2) is 0 Å². The quantitative estimate of drug-likeness (QED) is 0.788. The minimum atomic E-state index is -0.479. The number of nitrogens with one attached hydrogen (secondary N) is 3. The predicted molar refractivity (Wildman–Crippen MR) is 94.3 cm³/mol. The molecule has 126 valence electrons. The Labute approximate surface area is 140 Å². The minimum absolute atomic E-state index is 0.0482. The Morgan fingerprint density at radius 3 is 2.12 bits per heavy atom. The molecule has 0 saturated heterocycles. The smallest absolute Gasteiger partial charge is 0.261 e. The van der Waals surface area contributed by atoms with Crippen molar-refractivity contribution in [1.82, 2.24) is 4.98 Å². The molecule has 3 N–H and O–H groups in total. The summed E-state index contributed by atoms with van der Waals surface area (Å²) in [4.78, 5) is 38.2. The fourth-order valence-corrected chi connectivity index (χ4v) is 2.17. The van der Waals surface area contributed by atoms with Gasteiger partial charge in [-0.05, 0) is 49.2 Å². The maximum atomic E-state index is 12.1. The number of anilines is 2. The summed E-state index contributed by atoms with van der Waals surface area (Å²) in [6.45, 7) is 5.70. The van der Waals surface area contributed by atoms with E-state index in [1.54, 1.807) is 37.3 Å². The molecule has 2 rings (SSSR count). The molecule has 0 aliphatic carbocycles. The molecule has 0 saturated carbocycles. The lowest BCUT2D eigenvalue weighted by Gasteiger charge is -2.09. The average molecular weight is 327 g/mol. The number of pyridine rings is 1. The molecule has 0 fully saturated rings. The number of benzene rings is 1. The lowest BCUT2D eigenvalue weighted by atomic mass is 10.1. The summed E-state index contributed by atoms with van der Waals surface area (Å²) >= 11 is 0. The molecule has 0 aliphatic heterocycles. The summed E-state index contributed by atoms with van der Waals surface area (Å²) in [5, 5.41) is 5.45. The number of hydrogen-bond acceptors (Lipinski definition) is 3. The van der Waals surface area contributed by atoms with Crippen LogP contribution in [0.5, 0.6) is 0 Å². The standard InChI is InChI=1S/C18H21N3O3/c1-11(2)10-16(22)20-13-5-7-14(8-6-13)21-18(24)15-9-4-12(3)19-17(15)23/h4-9,11H,10H2,1-3H3,(H,19,23)(H,20,22)(H,21,24). The highest BCUT2D eigenvalue weighted by Gasteiger charge is 2.11. The second-order valence-electron chi connectivity index (χ2n) is 6.06. The van der Waals surface area contributed by atoms with Crippen molar-refractivity contribution >= 4 is 23.2 Å². The van der Waals surface area contributed by atoms with Crippen LogP contribution in [-0.4, -0.2) is 16.8 Å². The highest BCUT2D eigenvalue weighted by molar-refractivity contribution is 6.04. The Kier molecular flexibility index (Phi) is 5.52. The fraction of sp³-hybridized carbons (Fsp3) is 0.278. The van der Waals surface area contributed by atoms with Gasteiger partial charge in [-0.1, -0.05) is 13.8 Å². The normalized spacial score (nSPS) is 10.5. The van der Waals surface area contributed by atoms with Gasteiger partial charge in [0.2, 0.25) is 5.91 Å². The van der Waals surface area contributed by atoms with Crippen molar-refractivity contribution in [2.75, 3.05) is 10.6 Å². The topological polar surface area (TPSA) is 91.1 Å². The Bertz CT molecular complexity index is 792. The van der Waals surface area contributed by atoms with Gasteiger partial charge in [0.1, 0.15) is 5.56 Å². The number of H-pyrrole nitrogens is 1. The van der Waals surface area contributed by atoms with E-state index in [-0.39, 0.29) is 17.4 Å². The first-order valence-corrected chi connectivity index (χ1v) is 7.76. The molecule has 0 bridgehead atoms. The van der Waals surface area contributed by atoms with Gasteiger partial charge in [-0.25, -0.2) is 0 Å². The van der Waals surface area contributed by atoms with Gasteiger partial charge in [-0.15, -0.1) is 0 Å². The molecular formula is C18H21N3O3. The molecule has 0 spiro atoms. The monoisotopic (exact) mass is 327 g/mol. The van der Waals surface area contributed by atoms with Crippen LogP contribution in [0.4, 0.5) is 11.4 Å². The molecule has 0 unspecified atom stereocenters. The molecule has 2 amide bonds. The number of aromatic nitrogens is 1. The van der Waals surface area contributed by atoms with Gasteiger partial charge in [-0.2, -0.15) is 0 Å². The molecule has 1 heterocycles. The second kappa shape index (κ2) is 7.59. The van der Waals surface area contributed by atoms with Crippen LogP contribution in [0.3, 0.4) is 0 Å². The van der Waals surface area contributed by atoms with E-state index in [9.17, 15) is 14.4 Å². The van der Waals surface area contributed by atoms with E-state index >= 15 is 0 Å². The van der Waals surface area contributed by atoms with Crippen LogP contribution in [0.25, 0.3) is 0 Å². The van der Waals surface area contributed by atoms with E-state index in [2.05, 4.69) is 15.6 Å². The maximum Gasteiger partial charge on any atom is 0.261 e.